The van der Waals surface area contributed by atoms with Crippen molar-refractivity contribution in [1.29, 1.82) is 0 Å². The van der Waals surface area contributed by atoms with Crippen molar-refractivity contribution < 1.29 is 25.2 Å². The molecule has 0 spiro atoms. The first-order valence-electron chi connectivity index (χ1n) is 6.11. The maximum Gasteiger partial charge on any atom is 0.267 e. The van der Waals surface area contributed by atoms with Gasteiger partial charge in [-0.25, -0.2) is 0 Å². The van der Waals surface area contributed by atoms with E-state index in [1.165, 1.54) is 13.8 Å². The molecule has 2 atom stereocenters. The lowest BCUT2D eigenvalue weighted by Crippen LogP contribution is -2.38. The van der Waals surface area contributed by atoms with Crippen LogP contribution in [0.3, 0.4) is 0 Å². The molecular formula is C10H20O6S2. The zero-order chi connectivity index (χ0) is 13.8. The molecule has 0 amide bonds. The molecule has 0 saturated heterocycles. The summed E-state index contributed by atoms with van der Waals surface area (Å²) in [5.41, 5.74) is 0. The van der Waals surface area contributed by atoms with E-state index in [9.17, 15) is 16.8 Å². The Balaban J connectivity index is 2.75. The Morgan fingerprint density at radius 2 is 1.17 bits per heavy atom. The van der Waals surface area contributed by atoms with Crippen molar-refractivity contribution in [1.82, 2.24) is 0 Å². The van der Waals surface area contributed by atoms with Crippen LogP contribution in [0.15, 0.2) is 0 Å². The maximum atomic E-state index is 11.4. The number of rotatable bonds is 6. The van der Waals surface area contributed by atoms with Gasteiger partial charge in [-0.2, -0.15) is 16.8 Å². The minimum atomic E-state index is -3.59. The molecule has 0 bridgehead atoms. The van der Waals surface area contributed by atoms with Crippen LogP contribution in [0.2, 0.25) is 0 Å². The lowest BCUT2D eigenvalue weighted by Gasteiger charge is -2.29. The van der Waals surface area contributed by atoms with Crippen LogP contribution in [0.5, 0.6) is 0 Å². The fourth-order valence-corrected chi connectivity index (χ4v) is 3.26. The topological polar surface area (TPSA) is 86.7 Å². The molecule has 1 saturated carbocycles. The van der Waals surface area contributed by atoms with Gasteiger partial charge in [-0.3, -0.25) is 8.37 Å². The van der Waals surface area contributed by atoms with Gasteiger partial charge in [0.1, 0.15) is 12.2 Å². The molecule has 1 rings (SSSR count). The molecule has 0 aliphatic heterocycles. The van der Waals surface area contributed by atoms with E-state index in [1.54, 1.807) is 0 Å². The first-order valence-corrected chi connectivity index (χ1v) is 9.27. The molecular weight excluding hydrogens is 280 g/mol. The third-order valence-electron chi connectivity index (χ3n) is 2.89. The zero-order valence-electron chi connectivity index (χ0n) is 10.7. The highest BCUT2D eigenvalue weighted by Crippen LogP contribution is 2.26. The summed E-state index contributed by atoms with van der Waals surface area (Å²) in [5, 5.41) is 0. The molecule has 6 nitrogen and oxygen atoms in total. The Labute approximate surface area is 109 Å². The molecule has 18 heavy (non-hydrogen) atoms. The molecule has 0 radical (unpaired) electrons. The standard InChI is InChI=1S/C10H20O6S2/c1-3-17(11,12)15-9-7-5-6-8-10(9)16-18(13,14)4-2/h9-10H,3-8H2,1-2H3. The average molecular weight is 300 g/mol. The second kappa shape index (κ2) is 6.31. The SMILES string of the molecule is CCS(=O)(=O)OC1CCCCC1OS(=O)(=O)CC. The minimum absolute atomic E-state index is 0.128. The smallest absolute Gasteiger partial charge is 0.264 e. The Bertz CT molecular complexity index is 409. The van der Waals surface area contributed by atoms with Crippen molar-refractivity contribution in [3.63, 3.8) is 0 Å². The fourth-order valence-electron chi connectivity index (χ4n) is 1.80. The quantitative estimate of drug-likeness (QED) is 0.681. The van der Waals surface area contributed by atoms with Crippen LogP contribution in [0, 0.1) is 0 Å². The van der Waals surface area contributed by atoms with Gasteiger partial charge >= 0.3 is 0 Å². The van der Waals surface area contributed by atoms with Crippen molar-refractivity contribution in [2.45, 2.75) is 51.7 Å². The summed E-state index contributed by atoms with van der Waals surface area (Å²) >= 11 is 0. The van der Waals surface area contributed by atoms with Gasteiger partial charge in [-0.15, -0.1) is 0 Å². The summed E-state index contributed by atoms with van der Waals surface area (Å²) in [4.78, 5) is 0. The lowest BCUT2D eigenvalue weighted by atomic mass is 9.95. The molecule has 0 N–H and O–H groups in total. The van der Waals surface area contributed by atoms with E-state index in [-0.39, 0.29) is 11.5 Å². The zero-order valence-corrected chi connectivity index (χ0v) is 12.3. The third-order valence-corrected chi connectivity index (χ3v) is 5.38. The van der Waals surface area contributed by atoms with Crippen molar-refractivity contribution in [2.24, 2.45) is 0 Å². The minimum Gasteiger partial charge on any atom is -0.264 e. The summed E-state index contributed by atoms with van der Waals surface area (Å²) in [6.45, 7) is 2.97. The summed E-state index contributed by atoms with van der Waals surface area (Å²) in [6, 6.07) is 0. The van der Waals surface area contributed by atoms with E-state index in [0.29, 0.717) is 12.8 Å². The van der Waals surface area contributed by atoms with Crippen LogP contribution >= 0.6 is 0 Å². The van der Waals surface area contributed by atoms with Crippen LogP contribution in [-0.4, -0.2) is 40.5 Å². The third kappa shape index (κ3) is 4.83. The van der Waals surface area contributed by atoms with Gasteiger partial charge in [0.15, 0.2) is 0 Å². The predicted octanol–water partition coefficient (Wildman–Crippen LogP) is 1.03. The lowest BCUT2D eigenvalue weighted by molar-refractivity contribution is 0.0314. The van der Waals surface area contributed by atoms with E-state index >= 15 is 0 Å². The highest BCUT2D eigenvalue weighted by molar-refractivity contribution is 7.87. The van der Waals surface area contributed by atoms with Gasteiger partial charge < -0.3 is 0 Å². The van der Waals surface area contributed by atoms with Gasteiger partial charge in [-0.1, -0.05) is 12.8 Å². The first kappa shape index (κ1) is 15.9. The van der Waals surface area contributed by atoms with E-state index in [2.05, 4.69) is 0 Å². The summed E-state index contributed by atoms with van der Waals surface area (Å²) in [6.07, 6.45) is 1.26. The molecule has 8 heteroatoms. The van der Waals surface area contributed by atoms with E-state index in [0.717, 1.165) is 12.8 Å². The Morgan fingerprint density at radius 3 is 1.44 bits per heavy atom. The van der Waals surface area contributed by atoms with Crippen LogP contribution in [0.1, 0.15) is 39.5 Å². The molecule has 0 aromatic heterocycles. The molecule has 0 aromatic rings. The summed E-state index contributed by atoms with van der Waals surface area (Å²) in [5.74, 6) is -0.256. The largest absolute Gasteiger partial charge is 0.267 e. The Kier molecular flexibility index (Phi) is 5.57. The van der Waals surface area contributed by atoms with E-state index in [4.69, 9.17) is 8.37 Å². The van der Waals surface area contributed by atoms with Gasteiger partial charge in [0, 0.05) is 0 Å². The molecule has 2 unspecified atom stereocenters. The number of hydrogen-bond donors (Lipinski definition) is 0. The molecule has 1 aliphatic carbocycles. The Hall–Kier alpha value is -0.180. The van der Waals surface area contributed by atoms with Gasteiger partial charge in [0.2, 0.25) is 0 Å². The molecule has 1 fully saturated rings. The second-order valence-electron chi connectivity index (χ2n) is 4.25. The summed E-state index contributed by atoms with van der Waals surface area (Å²) < 4.78 is 55.7. The fraction of sp³-hybridized carbons (Fsp3) is 1.00. The molecule has 1 aliphatic rings. The van der Waals surface area contributed by atoms with Gasteiger partial charge in [0.05, 0.1) is 11.5 Å². The first-order chi connectivity index (χ1) is 8.29. The van der Waals surface area contributed by atoms with Crippen molar-refractivity contribution >= 4 is 20.2 Å². The van der Waals surface area contributed by atoms with Crippen LogP contribution < -0.4 is 0 Å². The van der Waals surface area contributed by atoms with Crippen molar-refractivity contribution in [2.75, 3.05) is 11.5 Å². The number of hydrogen-bond acceptors (Lipinski definition) is 6. The monoisotopic (exact) mass is 300 g/mol. The van der Waals surface area contributed by atoms with Crippen LogP contribution in [0.25, 0.3) is 0 Å². The Morgan fingerprint density at radius 1 is 0.833 bits per heavy atom. The predicted molar refractivity (Wildman–Crippen MR) is 67.1 cm³/mol. The molecule has 108 valence electrons. The molecule has 0 aromatic carbocycles. The van der Waals surface area contributed by atoms with Gasteiger partial charge in [0.25, 0.3) is 20.2 Å². The van der Waals surface area contributed by atoms with Crippen LogP contribution in [-0.2, 0) is 28.6 Å². The van der Waals surface area contributed by atoms with Gasteiger partial charge in [-0.05, 0) is 26.7 Å². The molecule has 0 heterocycles. The second-order valence-corrected chi connectivity index (χ2v) is 8.02. The van der Waals surface area contributed by atoms with Crippen LogP contribution in [0.4, 0.5) is 0 Å². The normalized spacial score (nSPS) is 26.1. The van der Waals surface area contributed by atoms with Crippen molar-refractivity contribution in [3.8, 4) is 0 Å². The van der Waals surface area contributed by atoms with E-state index in [1.807, 2.05) is 0 Å². The van der Waals surface area contributed by atoms with E-state index < -0.39 is 32.4 Å². The average Bonchev–Trinajstić information content (AvgIpc) is 2.31. The highest BCUT2D eigenvalue weighted by Gasteiger charge is 2.33. The maximum absolute atomic E-state index is 11.4. The highest BCUT2D eigenvalue weighted by atomic mass is 32.2. The van der Waals surface area contributed by atoms with Crippen molar-refractivity contribution in [3.05, 3.63) is 0 Å². The summed E-state index contributed by atoms with van der Waals surface area (Å²) in [7, 11) is -7.18.